The molecule has 1 aromatic carbocycles. The van der Waals surface area contributed by atoms with E-state index in [1.54, 1.807) is 22.7 Å². The zero-order valence-electron chi connectivity index (χ0n) is 14.5. The lowest BCUT2D eigenvalue weighted by Gasteiger charge is -2.22. The van der Waals surface area contributed by atoms with Crippen molar-refractivity contribution in [2.24, 2.45) is 0 Å². The molecule has 1 aliphatic rings. The molecule has 1 saturated heterocycles. The fraction of sp³-hybridized carbons (Fsp3) is 0.350. The molecule has 0 atom stereocenters. The van der Waals surface area contributed by atoms with Crippen LogP contribution in [0.2, 0.25) is 5.02 Å². The highest BCUT2D eigenvalue weighted by Gasteiger charge is 2.20. The number of halogens is 1. The molecule has 1 fully saturated rings. The van der Waals surface area contributed by atoms with Crippen molar-refractivity contribution in [1.29, 1.82) is 0 Å². The van der Waals surface area contributed by atoms with Crippen LogP contribution >= 0.6 is 34.3 Å². The Morgan fingerprint density at radius 1 is 1.12 bits per heavy atom. The molecule has 0 unspecified atom stereocenters. The van der Waals surface area contributed by atoms with Crippen LogP contribution in [0.25, 0.3) is 10.1 Å². The molecule has 0 saturated carbocycles. The molecule has 3 heterocycles. The van der Waals surface area contributed by atoms with Crippen molar-refractivity contribution >= 4 is 50.3 Å². The summed E-state index contributed by atoms with van der Waals surface area (Å²) in [6, 6.07) is 8.10. The van der Waals surface area contributed by atoms with Crippen LogP contribution in [0.3, 0.4) is 0 Å². The first-order valence-corrected chi connectivity index (χ1v) is 11.1. The van der Waals surface area contributed by atoms with Gasteiger partial charge >= 0.3 is 0 Å². The van der Waals surface area contributed by atoms with Crippen molar-refractivity contribution in [2.75, 3.05) is 26.2 Å². The van der Waals surface area contributed by atoms with Gasteiger partial charge in [0.15, 0.2) is 0 Å². The summed E-state index contributed by atoms with van der Waals surface area (Å²) in [6.45, 7) is 4.64. The summed E-state index contributed by atoms with van der Waals surface area (Å²) in [5.74, 6) is 0.224. The third-order valence-corrected chi connectivity index (χ3v) is 6.86. The number of benzene rings is 1. The van der Waals surface area contributed by atoms with Gasteiger partial charge in [-0.25, -0.2) is 0 Å². The summed E-state index contributed by atoms with van der Waals surface area (Å²) < 4.78 is 1.19. The molecule has 3 nitrogen and oxygen atoms in total. The molecule has 0 spiro atoms. The maximum Gasteiger partial charge on any atom is 0.227 e. The minimum absolute atomic E-state index is 0.224. The van der Waals surface area contributed by atoms with Crippen molar-refractivity contribution in [1.82, 2.24) is 9.80 Å². The minimum Gasteiger partial charge on any atom is -0.341 e. The Hall–Kier alpha value is -1.40. The maximum absolute atomic E-state index is 12.9. The Kier molecular flexibility index (Phi) is 5.60. The molecule has 26 heavy (non-hydrogen) atoms. The van der Waals surface area contributed by atoms with Crippen molar-refractivity contribution < 1.29 is 4.79 Å². The summed E-state index contributed by atoms with van der Waals surface area (Å²) >= 11 is 9.56. The molecule has 3 aromatic rings. The molecule has 4 rings (SSSR count). The van der Waals surface area contributed by atoms with E-state index in [1.807, 2.05) is 23.1 Å². The number of fused-ring (bicyclic) bond motifs is 1. The van der Waals surface area contributed by atoms with Crippen molar-refractivity contribution in [3.05, 3.63) is 56.6 Å². The Labute approximate surface area is 166 Å². The van der Waals surface area contributed by atoms with Gasteiger partial charge < -0.3 is 4.90 Å². The van der Waals surface area contributed by atoms with Gasteiger partial charge in [-0.05, 0) is 63.3 Å². The predicted octanol–water partition coefficient (Wildman–Crippen LogP) is 4.89. The lowest BCUT2D eigenvalue weighted by atomic mass is 10.1. The van der Waals surface area contributed by atoms with Gasteiger partial charge in [0.2, 0.25) is 5.91 Å². The van der Waals surface area contributed by atoms with E-state index in [1.165, 1.54) is 10.3 Å². The van der Waals surface area contributed by atoms with Crippen LogP contribution in [0.1, 0.15) is 17.5 Å². The van der Waals surface area contributed by atoms with E-state index < -0.39 is 0 Å². The van der Waals surface area contributed by atoms with Gasteiger partial charge in [-0.1, -0.05) is 11.6 Å². The number of rotatable bonds is 4. The second-order valence-corrected chi connectivity index (χ2v) is 8.85. The van der Waals surface area contributed by atoms with Gasteiger partial charge in [-0.3, -0.25) is 9.69 Å². The molecule has 1 amide bonds. The summed E-state index contributed by atoms with van der Waals surface area (Å²) in [4.78, 5) is 17.3. The average molecular weight is 405 g/mol. The normalized spacial score (nSPS) is 16.1. The zero-order chi connectivity index (χ0) is 17.9. The number of nitrogens with zero attached hydrogens (tertiary/aromatic N) is 2. The van der Waals surface area contributed by atoms with E-state index in [-0.39, 0.29) is 5.91 Å². The highest BCUT2D eigenvalue weighted by atomic mass is 35.5. The van der Waals surface area contributed by atoms with E-state index in [4.69, 9.17) is 11.6 Å². The molecule has 0 N–H and O–H groups in total. The fourth-order valence-electron chi connectivity index (χ4n) is 3.48. The number of hydrogen-bond donors (Lipinski definition) is 0. The monoisotopic (exact) mass is 404 g/mol. The Balaban J connectivity index is 1.39. The molecule has 1 aliphatic heterocycles. The maximum atomic E-state index is 12.9. The highest BCUT2D eigenvalue weighted by Crippen LogP contribution is 2.29. The lowest BCUT2D eigenvalue weighted by molar-refractivity contribution is -0.130. The van der Waals surface area contributed by atoms with Gasteiger partial charge in [0, 0.05) is 42.4 Å². The van der Waals surface area contributed by atoms with Crippen LogP contribution in [-0.4, -0.2) is 41.9 Å². The topological polar surface area (TPSA) is 23.6 Å². The quantitative estimate of drug-likeness (QED) is 0.617. The smallest absolute Gasteiger partial charge is 0.227 e. The largest absolute Gasteiger partial charge is 0.341 e. The Bertz CT molecular complexity index is 890. The number of carbonyl (C=O) groups excluding carboxylic acids is 1. The van der Waals surface area contributed by atoms with Gasteiger partial charge in [0.05, 0.1) is 6.42 Å². The third-order valence-electron chi connectivity index (χ3n) is 4.88. The fourth-order valence-corrected chi connectivity index (χ4v) is 5.26. The summed E-state index contributed by atoms with van der Waals surface area (Å²) in [7, 11) is 0. The zero-order valence-corrected chi connectivity index (χ0v) is 16.9. The lowest BCUT2D eigenvalue weighted by Crippen LogP contribution is -2.36. The SMILES string of the molecule is O=C(Cc1csc2ccc(Cl)cc12)N1CCCN(Cc2ccsc2)CC1. The molecule has 2 aromatic heterocycles. The number of hydrogen-bond acceptors (Lipinski definition) is 4. The van der Waals surface area contributed by atoms with E-state index in [2.05, 4.69) is 27.1 Å². The summed E-state index contributed by atoms with van der Waals surface area (Å²) in [6.07, 6.45) is 1.50. The molecule has 6 heteroatoms. The first kappa shape index (κ1) is 18.0. The molecule has 0 aliphatic carbocycles. The van der Waals surface area contributed by atoms with Crippen LogP contribution < -0.4 is 0 Å². The van der Waals surface area contributed by atoms with Gasteiger partial charge in [-0.2, -0.15) is 11.3 Å². The van der Waals surface area contributed by atoms with Crippen LogP contribution in [0.4, 0.5) is 0 Å². The molecule has 0 bridgehead atoms. The van der Waals surface area contributed by atoms with Crippen LogP contribution in [-0.2, 0) is 17.8 Å². The van der Waals surface area contributed by atoms with E-state index >= 15 is 0 Å². The first-order chi connectivity index (χ1) is 12.7. The van der Waals surface area contributed by atoms with Gasteiger partial charge in [0.1, 0.15) is 0 Å². The number of thiophene rings is 2. The summed E-state index contributed by atoms with van der Waals surface area (Å²) in [5.41, 5.74) is 2.47. The molecule has 136 valence electrons. The molecular weight excluding hydrogens is 384 g/mol. The van der Waals surface area contributed by atoms with Crippen molar-refractivity contribution in [3.8, 4) is 0 Å². The Morgan fingerprint density at radius 3 is 2.88 bits per heavy atom. The average Bonchev–Trinajstić information content (AvgIpc) is 3.21. The Morgan fingerprint density at radius 2 is 2.04 bits per heavy atom. The van der Waals surface area contributed by atoms with Gasteiger partial charge in [0.25, 0.3) is 0 Å². The second-order valence-electron chi connectivity index (χ2n) is 6.72. The predicted molar refractivity (Wildman–Crippen MR) is 111 cm³/mol. The van der Waals surface area contributed by atoms with E-state index in [0.717, 1.165) is 55.1 Å². The third kappa shape index (κ3) is 4.12. The van der Waals surface area contributed by atoms with Crippen molar-refractivity contribution in [2.45, 2.75) is 19.4 Å². The van der Waals surface area contributed by atoms with Gasteiger partial charge in [-0.15, -0.1) is 11.3 Å². The summed E-state index contributed by atoms with van der Waals surface area (Å²) in [5, 5.41) is 8.27. The highest BCUT2D eigenvalue weighted by molar-refractivity contribution is 7.17. The minimum atomic E-state index is 0.224. The van der Waals surface area contributed by atoms with Crippen LogP contribution in [0.5, 0.6) is 0 Å². The second kappa shape index (κ2) is 8.09. The molecule has 0 radical (unpaired) electrons. The van der Waals surface area contributed by atoms with E-state index in [9.17, 15) is 4.79 Å². The van der Waals surface area contributed by atoms with Crippen LogP contribution in [0.15, 0.2) is 40.4 Å². The first-order valence-electron chi connectivity index (χ1n) is 8.86. The number of carbonyl (C=O) groups is 1. The standard InChI is InChI=1S/C20H21ClN2OS2/c21-17-2-3-19-18(11-17)16(14-26-19)10-20(24)23-6-1-5-22(7-8-23)12-15-4-9-25-13-15/h2-4,9,11,13-14H,1,5-8,10,12H2. The molecular formula is C20H21ClN2OS2. The van der Waals surface area contributed by atoms with E-state index in [0.29, 0.717) is 6.42 Å². The number of amides is 1. The van der Waals surface area contributed by atoms with Crippen molar-refractivity contribution in [3.63, 3.8) is 0 Å². The van der Waals surface area contributed by atoms with Crippen LogP contribution in [0, 0.1) is 0 Å².